The van der Waals surface area contributed by atoms with Crippen molar-refractivity contribution in [1.29, 1.82) is 0 Å². The number of piperidine rings is 1. The van der Waals surface area contributed by atoms with Crippen LogP contribution >= 0.6 is 23.2 Å². The second-order valence-corrected chi connectivity index (χ2v) is 10.1. The molecule has 1 aliphatic rings. The van der Waals surface area contributed by atoms with Crippen LogP contribution in [0.1, 0.15) is 56.3 Å². The number of halogens is 2. The summed E-state index contributed by atoms with van der Waals surface area (Å²) in [4.78, 5) is 26.9. The molecule has 0 radical (unpaired) electrons. The van der Waals surface area contributed by atoms with E-state index in [9.17, 15) is 9.59 Å². The summed E-state index contributed by atoms with van der Waals surface area (Å²) < 4.78 is 5.39. The number of benzene rings is 2. The topological polar surface area (TPSA) is 70.7 Å². The molecule has 6 nitrogen and oxygen atoms in total. The van der Waals surface area contributed by atoms with Crippen LogP contribution in [0.4, 0.5) is 5.69 Å². The standard InChI is InChI=1S/C27H35Cl2N3O3/c1-18(2)26(33)31-22-8-5-19(6-9-22)20-11-15-32(16-12-20)14-4-13-30-27(34)25(35-3)21-7-10-23(28)24(29)17-21/h5-10,17-18,20,25H,4,11-16H2,1-3H3,(H,30,34)(H,31,33). The van der Waals surface area contributed by atoms with E-state index in [0.29, 0.717) is 28.1 Å². The van der Waals surface area contributed by atoms with Gasteiger partial charge in [-0.1, -0.05) is 55.2 Å². The summed E-state index contributed by atoms with van der Waals surface area (Å²) >= 11 is 12.0. The average Bonchev–Trinajstić information content (AvgIpc) is 2.85. The van der Waals surface area contributed by atoms with E-state index < -0.39 is 6.10 Å². The van der Waals surface area contributed by atoms with Crippen molar-refractivity contribution in [3.05, 3.63) is 63.6 Å². The lowest BCUT2D eigenvalue weighted by molar-refractivity contribution is -0.131. The fourth-order valence-corrected chi connectivity index (χ4v) is 4.60. The summed E-state index contributed by atoms with van der Waals surface area (Å²) in [5.74, 6) is 0.359. The van der Waals surface area contributed by atoms with Gasteiger partial charge in [-0.25, -0.2) is 0 Å². The van der Waals surface area contributed by atoms with Crippen LogP contribution in [-0.4, -0.2) is 50.0 Å². The zero-order chi connectivity index (χ0) is 25.4. The molecule has 190 valence electrons. The van der Waals surface area contributed by atoms with Crippen LogP contribution in [-0.2, 0) is 14.3 Å². The number of nitrogens with zero attached hydrogens (tertiary/aromatic N) is 1. The van der Waals surface area contributed by atoms with Gasteiger partial charge in [-0.3, -0.25) is 9.59 Å². The number of hydrogen-bond acceptors (Lipinski definition) is 4. The first-order valence-corrected chi connectivity index (χ1v) is 12.9. The highest BCUT2D eigenvalue weighted by Gasteiger charge is 2.22. The van der Waals surface area contributed by atoms with Crippen LogP contribution < -0.4 is 10.6 Å². The van der Waals surface area contributed by atoms with Gasteiger partial charge in [0.2, 0.25) is 5.91 Å². The van der Waals surface area contributed by atoms with E-state index in [1.807, 2.05) is 26.0 Å². The van der Waals surface area contributed by atoms with Crippen LogP contribution in [0, 0.1) is 5.92 Å². The highest BCUT2D eigenvalue weighted by molar-refractivity contribution is 6.42. The number of likely N-dealkylation sites (tertiary alicyclic amines) is 1. The van der Waals surface area contributed by atoms with Gasteiger partial charge in [-0.15, -0.1) is 0 Å². The van der Waals surface area contributed by atoms with Gasteiger partial charge in [-0.2, -0.15) is 0 Å². The fourth-order valence-electron chi connectivity index (χ4n) is 4.29. The lowest BCUT2D eigenvalue weighted by Crippen LogP contribution is -2.36. The van der Waals surface area contributed by atoms with Crippen LogP contribution in [0.15, 0.2) is 42.5 Å². The van der Waals surface area contributed by atoms with Crippen molar-refractivity contribution < 1.29 is 14.3 Å². The van der Waals surface area contributed by atoms with E-state index in [-0.39, 0.29) is 17.7 Å². The SMILES string of the molecule is COC(C(=O)NCCCN1CCC(c2ccc(NC(=O)C(C)C)cc2)CC1)c1ccc(Cl)c(Cl)c1. The van der Waals surface area contributed by atoms with Crippen molar-refractivity contribution in [3.8, 4) is 0 Å². The van der Waals surface area contributed by atoms with Crippen LogP contribution in [0.25, 0.3) is 0 Å². The monoisotopic (exact) mass is 519 g/mol. The molecule has 2 aromatic rings. The maximum Gasteiger partial charge on any atom is 0.253 e. The van der Waals surface area contributed by atoms with Crippen molar-refractivity contribution in [2.45, 2.75) is 45.1 Å². The van der Waals surface area contributed by atoms with Gasteiger partial charge in [0.25, 0.3) is 5.91 Å². The van der Waals surface area contributed by atoms with Crippen molar-refractivity contribution in [1.82, 2.24) is 10.2 Å². The van der Waals surface area contributed by atoms with Gasteiger partial charge in [0.15, 0.2) is 6.10 Å². The van der Waals surface area contributed by atoms with E-state index in [1.165, 1.54) is 12.7 Å². The van der Waals surface area contributed by atoms with Crippen molar-refractivity contribution >= 4 is 40.7 Å². The molecule has 2 amide bonds. The second-order valence-electron chi connectivity index (χ2n) is 9.32. The Kier molecular flexibility index (Phi) is 10.4. The molecular weight excluding hydrogens is 485 g/mol. The molecule has 0 aliphatic carbocycles. The zero-order valence-corrected chi connectivity index (χ0v) is 22.2. The molecule has 2 aromatic carbocycles. The highest BCUT2D eigenvalue weighted by Crippen LogP contribution is 2.29. The Balaban J connectivity index is 1.38. The Morgan fingerprint density at radius 2 is 1.71 bits per heavy atom. The van der Waals surface area contributed by atoms with E-state index in [0.717, 1.165) is 44.6 Å². The molecule has 0 bridgehead atoms. The summed E-state index contributed by atoms with van der Waals surface area (Å²) in [5.41, 5.74) is 2.85. The Hall–Kier alpha value is -2.12. The largest absolute Gasteiger partial charge is 0.367 e. The van der Waals surface area contributed by atoms with Crippen molar-refractivity contribution in [2.75, 3.05) is 38.6 Å². The van der Waals surface area contributed by atoms with Crippen LogP contribution in [0.3, 0.4) is 0 Å². The third-order valence-corrected chi connectivity index (χ3v) is 7.17. The van der Waals surface area contributed by atoms with Crippen molar-refractivity contribution in [3.63, 3.8) is 0 Å². The quantitative estimate of drug-likeness (QED) is 0.397. The molecule has 0 saturated carbocycles. The normalized spacial score (nSPS) is 15.7. The Morgan fingerprint density at radius 3 is 2.31 bits per heavy atom. The van der Waals surface area contributed by atoms with E-state index in [2.05, 4.69) is 27.7 Å². The molecule has 3 rings (SSSR count). The number of carbonyl (C=O) groups excluding carboxylic acids is 2. The minimum absolute atomic E-state index is 0.0312. The predicted molar refractivity (Wildman–Crippen MR) is 142 cm³/mol. The number of anilines is 1. The molecule has 2 N–H and O–H groups in total. The molecule has 1 heterocycles. The summed E-state index contributed by atoms with van der Waals surface area (Å²) in [5, 5.41) is 6.76. The number of nitrogens with one attached hydrogen (secondary N) is 2. The van der Waals surface area contributed by atoms with Crippen LogP contribution in [0.2, 0.25) is 10.0 Å². The average molecular weight is 521 g/mol. The molecule has 0 aromatic heterocycles. The lowest BCUT2D eigenvalue weighted by atomic mass is 9.89. The molecule has 1 aliphatic heterocycles. The highest BCUT2D eigenvalue weighted by atomic mass is 35.5. The summed E-state index contributed by atoms with van der Waals surface area (Å²) in [6.45, 7) is 7.38. The van der Waals surface area contributed by atoms with Gasteiger partial charge in [0.05, 0.1) is 10.0 Å². The van der Waals surface area contributed by atoms with Gasteiger partial charge < -0.3 is 20.3 Å². The van der Waals surface area contributed by atoms with Gasteiger partial charge in [0.1, 0.15) is 0 Å². The van der Waals surface area contributed by atoms with E-state index in [1.54, 1.807) is 18.2 Å². The third kappa shape index (κ3) is 7.94. The van der Waals surface area contributed by atoms with Crippen LogP contribution in [0.5, 0.6) is 0 Å². The first-order valence-electron chi connectivity index (χ1n) is 12.2. The number of hydrogen-bond donors (Lipinski definition) is 2. The second kappa shape index (κ2) is 13.3. The van der Waals surface area contributed by atoms with E-state index >= 15 is 0 Å². The smallest absolute Gasteiger partial charge is 0.253 e. The minimum atomic E-state index is -0.717. The van der Waals surface area contributed by atoms with Gasteiger partial charge in [0, 0.05) is 25.3 Å². The van der Waals surface area contributed by atoms with Gasteiger partial charge >= 0.3 is 0 Å². The predicted octanol–water partition coefficient (Wildman–Crippen LogP) is 5.66. The molecule has 1 fully saturated rings. The summed E-state index contributed by atoms with van der Waals surface area (Å²) in [6.07, 6.45) is 2.37. The molecular formula is C27H35Cl2N3O3. The summed E-state index contributed by atoms with van der Waals surface area (Å²) in [6, 6.07) is 13.3. The van der Waals surface area contributed by atoms with Gasteiger partial charge in [-0.05, 0) is 80.2 Å². The van der Waals surface area contributed by atoms with Crippen molar-refractivity contribution in [2.24, 2.45) is 5.92 Å². The number of methoxy groups -OCH3 is 1. The summed E-state index contributed by atoms with van der Waals surface area (Å²) in [7, 11) is 1.51. The number of carbonyl (C=O) groups is 2. The lowest BCUT2D eigenvalue weighted by Gasteiger charge is -2.32. The molecule has 35 heavy (non-hydrogen) atoms. The van der Waals surface area contributed by atoms with E-state index in [4.69, 9.17) is 27.9 Å². The molecule has 1 saturated heterocycles. The molecule has 0 spiro atoms. The Morgan fingerprint density at radius 1 is 1.03 bits per heavy atom. The number of amides is 2. The first-order chi connectivity index (χ1) is 16.8. The Bertz CT molecular complexity index is 990. The molecule has 1 atom stereocenters. The first kappa shape index (κ1) is 27.5. The third-order valence-electron chi connectivity index (χ3n) is 6.43. The Labute approximate surface area is 218 Å². The fraction of sp³-hybridized carbons (Fsp3) is 0.481. The maximum absolute atomic E-state index is 12.6. The minimum Gasteiger partial charge on any atom is -0.367 e. The number of ether oxygens (including phenoxy) is 1. The maximum atomic E-state index is 12.6. The molecule has 8 heteroatoms. The zero-order valence-electron chi connectivity index (χ0n) is 20.7. The number of rotatable bonds is 10. The molecule has 1 unspecified atom stereocenters.